The lowest BCUT2D eigenvalue weighted by Gasteiger charge is -2.04. The molecule has 2 heterocycles. The highest BCUT2D eigenvalue weighted by molar-refractivity contribution is 7.17. The Hall–Kier alpha value is -3.08. The van der Waals surface area contributed by atoms with E-state index in [0.29, 0.717) is 32.6 Å². The van der Waals surface area contributed by atoms with Crippen LogP contribution in [0.15, 0.2) is 42.6 Å². The van der Waals surface area contributed by atoms with Crippen molar-refractivity contribution in [1.82, 2.24) is 4.98 Å². The van der Waals surface area contributed by atoms with Gasteiger partial charge in [0.15, 0.2) is 11.5 Å². The minimum atomic E-state index is -0.296. The van der Waals surface area contributed by atoms with E-state index in [-0.39, 0.29) is 17.7 Å². The minimum Gasteiger partial charge on any atom is -0.454 e. The summed E-state index contributed by atoms with van der Waals surface area (Å²) >= 11 is 7.25. The van der Waals surface area contributed by atoms with Crippen LogP contribution in [0.2, 0.25) is 5.02 Å². The zero-order chi connectivity index (χ0) is 18.1. The van der Waals surface area contributed by atoms with Crippen LogP contribution in [0.5, 0.6) is 11.5 Å². The molecule has 0 aliphatic carbocycles. The summed E-state index contributed by atoms with van der Waals surface area (Å²) < 4.78 is 10.7. The first-order valence-corrected chi connectivity index (χ1v) is 8.70. The summed E-state index contributed by atoms with van der Waals surface area (Å²) in [4.78, 5) is 17.2. The topological polar surface area (TPSA) is 84.2 Å². The third kappa shape index (κ3) is 3.08. The number of rotatable bonds is 3. The Bertz CT molecular complexity index is 1060. The van der Waals surface area contributed by atoms with Gasteiger partial charge in [-0.3, -0.25) is 4.79 Å². The number of nitrogens with zero attached hydrogens (tertiary/aromatic N) is 2. The highest BCUT2D eigenvalue weighted by Gasteiger charge is 2.17. The van der Waals surface area contributed by atoms with E-state index in [1.165, 1.54) is 23.6 Å². The van der Waals surface area contributed by atoms with Crippen molar-refractivity contribution in [3.8, 4) is 28.1 Å². The monoisotopic (exact) mass is 383 g/mol. The number of carbonyl (C=O) groups is 1. The highest BCUT2D eigenvalue weighted by atomic mass is 35.5. The molecule has 0 bridgehead atoms. The summed E-state index contributed by atoms with van der Waals surface area (Å²) in [5.74, 6) is 1.06. The van der Waals surface area contributed by atoms with Crippen LogP contribution in [0.1, 0.15) is 15.2 Å². The number of fused-ring (bicyclic) bond motifs is 1. The Morgan fingerprint density at radius 1 is 1.23 bits per heavy atom. The molecule has 0 unspecified atom stereocenters. The Labute approximate surface area is 157 Å². The molecule has 2 aromatic carbocycles. The summed E-state index contributed by atoms with van der Waals surface area (Å²) in [6, 6.07) is 12.2. The third-order valence-electron chi connectivity index (χ3n) is 3.70. The lowest BCUT2D eigenvalue weighted by molar-refractivity contribution is 0.103. The standard InChI is InChI=1S/C18H10ClN3O3S/c19-13-6-12(3-1-11(13)7-20)22-17(23)16-8-21-18(26-16)10-2-4-14-15(5-10)25-9-24-14/h1-6,8H,9H2,(H,22,23). The van der Waals surface area contributed by atoms with Crippen molar-refractivity contribution in [2.45, 2.75) is 0 Å². The number of hydrogen-bond donors (Lipinski definition) is 1. The summed E-state index contributed by atoms with van der Waals surface area (Å²) in [5.41, 5.74) is 1.71. The number of ether oxygens (including phenoxy) is 2. The van der Waals surface area contributed by atoms with Gasteiger partial charge >= 0.3 is 0 Å². The van der Waals surface area contributed by atoms with Gasteiger partial charge in [-0.1, -0.05) is 11.6 Å². The Morgan fingerprint density at radius 2 is 2.08 bits per heavy atom. The summed E-state index contributed by atoms with van der Waals surface area (Å²) in [6.07, 6.45) is 1.52. The van der Waals surface area contributed by atoms with Gasteiger partial charge in [0.2, 0.25) is 6.79 Å². The maximum absolute atomic E-state index is 12.4. The summed E-state index contributed by atoms with van der Waals surface area (Å²) in [7, 11) is 0. The smallest absolute Gasteiger partial charge is 0.267 e. The van der Waals surface area contributed by atoms with Crippen molar-refractivity contribution in [3.05, 3.63) is 58.1 Å². The lowest BCUT2D eigenvalue weighted by Crippen LogP contribution is -2.10. The normalized spacial score (nSPS) is 11.8. The predicted molar refractivity (Wildman–Crippen MR) is 97.8 cm³/mol. The van der Waals surface area contributed by atoms with Gasteiger partial charge in [0, 0.05) is 11.3 Å². The average molecular weight is 384 g/mol. The largest absolute Gasteiger partial charge is 0.454 e. The van der Waals surface area contributed by atoms with Crippen LogP contribution >= 0.6 is 22.9 Å². The van der Waals surface area contributed by atoms with Crippen molar-refractivity contribution < 1.29 is 14.3 Å². The third-order valence-corrected chi connectivity index (χ3v) is 5.05. The molecule has 1 N–H and O–H groups in total. The first-order chi connectivity index (χ1) is 12.6. The predicted octanol–water partition coefficient (Wildman–Crippen LogP) is 4.32. The van der Waals surface area contributed by atoms with Crippen LogP contribution in [0.4, 0.5) is 5.69 Å². The molecule has 26 heavy (non-hydrogen) atoms. The second-order valence-electron chi connectivity index (χ2n) is 5.36. The Balaban J connectivity index is 1.53. The van der Waals surface area contributed by atoms with E-state index >= 15 is 0 Å². The van der Waals surface area contributed by atoms with Gasteiger partial charge in [-0.25, -0.2) is 4.98 Å². The van der Waals surface area contributed by atoms with Gasteiger partial charge in [0.05, 0.1) is 16.8 Å². The van der Waals surface area contributed by atoms with Crippen molar-refractivity contribution in [3.63, 3.8) is 0 Å². The van der Waals surface area contributed by atoms with Crippen molar-refractivity contribution in [2.24, 2.45) is 0 Å². The number of anilines is 1. The highest BCUT2D eigenvalue weighted by Crippen LogP contribution is 2.37. The zero-order valence-electron chi connectivity index (χ0n) is 13.2. The summed E-state index contributed by atoms with van der Waals surface area (Å²) in [6.45, 7) is 0.206. The number of thiazole rings is 1. The molecular formula is C18H10ClN3O3S. The molecule has 1 aliphatic heterocycles. The van der Waals surface area contributed by atoms with Crippen LogP contribution in [0.3, 0.4) is 0 Å². The Kier molecular flexibility index (Phi) is 4.21. The molecular weight excluding hydrogens is 374 g/mol. The van der Waals surface area contributed by atoms with E-state index in [1.54, 1.807) is 12.1 Å². The average Bonchev–Trinajstić information content (AvgIpc) is 3.30. The fraction of sp³-hybridized carbons (Fsp3) is 0.0556. The van der Waals surface area contributed by atoms with Gasteiger partial charge in [-0.15, -0.1) is 11.3 Å². The van der Waals surface area contributed by atoms with Crippen LogP contribution in [0.25, 0.3) is 10.6 Å². The van der Waals surface area contributed by atoms with E-state index in [1.807, 2.05) is 24.3 Å². The fourth-order valence-corrected chi connectivity index (χ4v) is 3.45. The summed E-state index contributed by atoms with van der Waals surface area (Å²) in [5, 5.41) is 12.6. The Morgan fingerprint density at radius 3 is 2.88 bits per heavy atom. The van der Waals surface area contributed by atoms with E-state index < -0.39 is 0 Å². The molecule has 6 nitrogen and oxygen atoms in total. The number of nitriles is 1. The van der Waals surface area contributed by atoms with Crippen molar-refractivity contribution in [2.75, 3.05) is 12.1 Å². The second-order valence-corrected chi connectivity index (χ2v) is 6.80. The molecule has 3 aromatic rings. The van der Waals surface area contributed by atoms with Crippen molar-refractivity contribution in [1.29, 1.82) is 5.26 Å². The van der Waals surface area contributed by atoms with E-state index in [2.05, 4.69) is 10.3 Å². The molecule has 0 fully saturated rings. The maximum Gasteiger partial charge on any atom is 0.267 e. The maximum atomic E-state index is 12.4. The number of amides is 1. The van der Waals surface area contributed by atoms with E-state index in [0.717, 1.165) is 5.56 Å². The van der Waals surface area contributed by atoms with Crippen molar-refractivity contribution >= 4 is 34.5 Å². The number of nitrogens with one attached hydrogen (secondary N) is 1. The van der Waals surface area contributed by atoms with E-state index in [9.17, 15) is 4.79 Å². The van der Waals surface area contributed by atoms with Gasteiger partial charge in [0.1, 0.15) is 16.0 Å². The van der Waals surface area contributed by atoms with Crippen LogP contribution in [0, 0.1) is 11.3 Å². The molecule has 0 radical (unpaired) electrons. The fourth-order valence-electron chi connectivity index (χ4n) is 2.42. The molecule has 128 valence electrons. The molecule has 8 heteroatoms. The number of benzene rings is 2. The van der Waals surface area contributed by atoms with Crippen LogP contribution < -0.4 is 14.8 Å². The molecule has 0 spiro atoms. The van der Waals surface area contributed by atoms with Gasteiger partial charge in [0.25, 0.3) is 5.91 Å². The number of aromatic nitrogens is 1. The number of halogens is 1. The number of hydrogen-bond acceptors (Lipinski definition) is 6. The first kappa shape index (κ1) is 16.4. The molecule has 0 saturated carbocycles. The zero-order valence-corrected chi connectivity index (χ0v) is 14.7. The molecule has 0 atom stereocenters. The SMILES string of the molecule is N#Cc1ccc(NC(=O)c2cnc(-c3ccc4c(c3)OCO4)s2)cc1Cl. The lowest BCUT2D eigenvalue weighted by atomic mass is 10.2. The van der Waals surface area contributed by atoms with Crippen LogP contribution in [-0.4, -0.2) is 17.7 Å². The molecule has 0 saturated heterocycles. The van der Waals surface area contributed by atoms with Gasteiger partial charge < -0.3 is 14.8 Å². The molecule has 4 rings (SSSR count). The van der Waals surface area contributed by atoms with Crippen LogP contribution in [-0.2, 0) is 0 Å². The van der Waals surface area contributed by atoms with Gasteiger partial charge in [-0.2, -0.15) is 5.26 Å². The van der Waals surface area contributed by atoms with Gasteiger partial charge in [-0.05, 0) is 36.4 Å². The first-order valence-electron chi connectivity index (χ1n) is 7.51. The second kappa shape index (κ2) is 6.67. The molecule has 1 amide bonds. The number of carbonyl (C=O) groups excluding carboxylic acids is 1. The minimum absolute atomic E-state index is 0.206. The molecule has 1 aliphatic rings. The quantitative estimate of drug-likeness (QED) is 0.728. The van der Waals surface area contributed by atoms with E-state index in [4.69, 9.17) is 26.3 Å². The molecule has 1 aromatic heterocycles.